The van der Waals surface area contributed by atoms with Gasteiger partial charge in [0.15, 0.2) is 22.1 Å². The van der Waals surface area contributed by atoms with Gasteiger partial charge in [0, 0.05) is 17.7 Å². The van der Waals surface area contributed by atoms with E-state index in [2.05, 4.69) is 46.8 Å². The van der Waals surface area contributed by atoms with E-state index in [0.717, 1.165) is 18.6 Å². The van der Waals surface area contributed by atoms with Gasteiger partial charge in [0.2, 0.25) is 0 Å². The molecule has 5 N–H and O–H groups in total. The van der Waals surface area contributed by atoms with Gasteiger partial charge in [-0.1, -0.05) is 54.2 Å². The molecule has 0 spiro atoms. The van der Waals surface area contributed by atoms with Crippen molar-refractivity contribution in [1.29, 1.82) is 0 Å². The number of benzene rings is 1. The average Bonchev–Trinajstić information content (AvgIpc) is 3.33. The fourth-order valence-corrected chi connectivity index (χ4v) is 4.89. The van der Waals surface area contributed by atoms with Gasteiger partial charge in [-0.15, -0.1) is 5.10 Å². The highest BCUT2D eigenvalue weighted by atomic mass is 32.2. The molecule has 1 aromatic carbocycles. The minimum Gasteiger partial charge on any atom is -0.450 e. The quantitative estimate of drug-likeness (QED) is 0.245. The molecule has 11 nitrogen and oxygen atoms in total. The molecule has 0 aliphatic heterocycles. The van der Waals surface area contributed by atoms with Crippen LogP contribution in [0.1, 0.15) is 50.1 Å². The first-order valence-corrected chi connectivity index (χ1v) is 12.2. The molecular weight excluding hydrogens is 460 g/mol. The van der Waals surface area contributed by atoms with E-state index in [1.165, 1.54) is 5.56 Å². The summed E-state index contributed by atoms with van der Waals surface area (Å²) < 4.78 is 1.67. The molecule has 2 saturated carbocycles. The van der Waals surface area contributed by atoms with Crippen molar-refractivity contribution in [1.82, 2.24) is 25.0 Å². The van der Waals surface area contributed by atoms with Crippen molar-refractivity contribution in [2.45, 2.75) is 68.0 Å². The van der Waals surface area contributed by atoms with Gasteiger partial charge in [0.1, 0.15) is 6.10 Å². The van der Waals surface area contributed by atoms with Crippen LogP contribution in [0.5, 0.6) is 0 Å². The van der Waals surface area contributed by atoms with Gasteiger partial charge >= 0.3 is 6.16 Å². The largest absolute Gasteiger partial charge is 0.503 e. The van der Waals surface area contributed by atoms with Crippen molar-refractivity contribution in [2.24, 2.45) is 0 Å². The maximum Gasteiger partial charge on any atom is 0.503 e. The second-order valence-corrected chi connectivity index (χ2v) is 9.46. The number of aliphatic hydroxyl groups excluding tert-OH is 2. The molecule has 2 fully saturated rings. The number of anilines is 1. The van der Waals surface area contributed by atoms with Gasteiger partial charge in [-0.05, 0) is 31.2 Å². The lowest BCUT2D eigenvalue weighted by Gasteiger charge is -2.16. The van der Waals surface area contributed by atoms with Crippen LogP contribution in [0, 0.1) is 0 Å². The summed E-state index contributed by atoms with van der Waals surface area (Å²) in [6.07, 6.45) is -0.168. The van der Waals surface area contributed by atoms with Crippen LogP contribution in [0.25, 0.3) is 11.2 Å². The van der Waals surface area contributed by atoms with Crippen LogP contribution in [0.15, 0.2) is 35.5 Å². The number of thioether (sulfide) groups is 1. The molecule has 0 radical (unpaired) electrons. The molecule has 2 aliphatic rings. The second-order valence-electron chi connectivity index (χ2n) is 8.40. The molecule has 34 heavy (non-hydrogen) atoms. The van der Waals surface area contributed by atoms with Crippen LogP contribution >= 0.6 is 11.8 Å². The third kappa shape index (κ3) is 5.40. The van der Waals surface area contributed by atoms with Gasteiger partial charge in [-0.25, -0.2) is 19.4 Å². The normalized spacial score (nSPS) is 25.6. The molecule has 12 heteroatoms. The Hall–Kier alpha value is -2.96. The third-order valence-electron chi connectivity index (χ3n) is 5.94. The lowest BCUT2D eigenvalue weighted by atomic mass is 10.1. The van der Waals surface area contributed by atoms with E-state index in [9.17, 15) is 10.2 Å². The maximum absolute atomic E-state index is 10.4. The number of hydrogen-bond acceptors (Lipinski definition) is 9. The fraction of sp³-hybridized carbons (Fsp3) is 0.500. The summed E-state index contributed by atoms with van der Waals surface area (Å²) >= 11 is 1.61. The Labute approximate surface area is 200 Å². The predicted molar refractivity (Wildman–Crippen MR) is 126 cm³/mol. The molecule has 0 unspecified atom stereocenters. The molecule has 5 rings (SSSR count). The Kier molecular flexibility index (Phi) is 7.49. The summed E-state index contributed by atoms with van der Waals surface area (Å²) in [4.78, 5) is 18.0. The van der Waals surface area contributed by atoms with Gasteiger partial charge < -0.3 is 25.7 Å². The predicted octanol–water partition coefficient (Wildman–Crippen LogP) is 2.97. The summed E-state index contributed by atoms with van der Waals surface area (Å²) in [5.41, 5.74) is 2.55. The van der Waals surface area contributed by atoms with Gasteiger partial charge in [-0.3, -0.25) is 0 Å². The van der Waals surface area contributed by atoms with E-state index in [1.54, 1.807) is 16.4 Å². The number of nitrogens with one attached hydrogen (secondary N) is 1. The van der Waals surface area contributed by atoms with E-state index in [-0.39, 0.29) is 6.04 Å². The maximum atomic E-state index is 10.4. The van der Waals surface area contributed by atoms with Crippen LogP contribution in [0.2, 0.25) is 0 Å². The van der Waals surface area contributed by atoms with Crippen molar-refractivity contribution < 1.29 is 25.2 Å². The molecule has 2 aliphatic carbocycles. The number of carbonyl (C=O) groups is 1. The van der Waals surface area contributed by atoms with E-state index in [0.29, 0.717) is 46.9 Å². The van der Waals surface area contributed by atoms with E-state index in [4.69, 9.17) is 25.0 Å². The molecule has 0 amide bonds. The van der Waals surface area contributed by atoms with E-state index < -0.39 is 18.4 Å². The summed E-state index contributed by atoms with van der Waals surface area (Å²) in [6, 6.07) is 10.5. The van der Waals surface area contributed by atoms with Crippen LogP contribution in [0.3, 0.4) is 0 Å². The highest BCUT2D eigenvalue weighted by Crippen LogP contribution is 2.43. The Balaban J connectivity index is 0.000000636. The Morgan fingerprint density at radius 2 is 1.91 bits per heavy atom. The number of fused-ring (bicyclic) bond motifs is 1. The molecule has 0 bridgehead atoms. The summed E-state index contributed by atoms with van der Waals surface area (Å²) in [5, 5.41) is 47.2. The number of rotatable bonds is 7. The first-order valence-electron chi connectivity index (χ1n) is 11.2. The number of aromatic nitrogens is 5. The molecular formula is C22H28N6O5S. The number of carboxylic acid groups (broad SMARTS) is 2. The van der Waals surface area contributed by atoms with Crippen molar-refractivity contribution >= 4 is 34.9 Å². The van der Waals surface area contributed by atoms with E-state index in [1.807, 2.05) is 6.07 Å². The van der Waals surface area contributed by atoms with Crippen molar-refractivity contribution in [3.05, 3.63) is 35.9 Å². The van der Waals surface area contributed by atoms with Gasteiger partial charge in [0.25, 0.3) is 0 Å². The summed E-state index contributed by atoms with van der Waals surface area (Å²) in [7, 11) is 0. The molecule has 2 aromatic heterocycles. The minimum absolute atomic E-state index is 0.304. The number of hydrogen-bond donors (Lipinski definition) is 5. The smallest absolute Gasteiger partial charge is 0.450 e. The van der Waals surface area contributed by atoms with Gasteiger partial charge in [0.05, 0.1) is 12.1 Å². The zero-order valence-corrected chi connectivity index (χ0v) is 19.5. The minimum atomic E-state index is -1.83. The van der Waals surface area contributed by atoms with Crippen molar-refractivity contribution in [3.63, 3.8) is 0 Å². The molecule has 2 heterocycles. The Morgan fingerprint density at radius 3 is 2.56 bits per heavy atom. The second kappa shape index (κ2) is 10.5. The molecule has 5 atom stereocenters. The average molecular weight is 489 g/mol. The highest BCUT2D eigenvalue weighted by molar-refractivity contribution is 7.99. The lowest BCUT2D eigenvalue weighted by Crippen LogP contribution is -2.28. The molecule has 3 aromatic rings. The van der Waals surface area contributed by atoms with Crippen molar-refractivity contribution in [2.75, 3.05) is 11.1 Å². The zero-order chi connectivity index (χ0) is 24.2. The summed E-state index contributed by atoms with van der Waals surface area (Å²) in [5.74, 6) is 2.08. The molecule has 182 valence electrons. The number of aliphatic hydroxyl groups is 2. The first-order chi connectivity index (χ1) is 16.4. The lowest BCUT2D eigenvalue weighted by molar-refractivity contribution is 0.0215. The molecule has 0 saturated heterocycles. The summed E-state index contributed by atoms with van der Waals surface area (Å²) in [6.45, 7) is 2.13. The van der Waals surface area contributed by atoms with E-state index >= 15 is 0 Å². The number of nitrogens with zero attached hydrogens (tertiary/aromatic N) is 5. The van der Waals surface area contributed by atoms with Gasteiger partial charge in [-0.2, -0.15) is 0 Å². The highest BCUT2D eigenvalue weighted by Gasteiger charge is 2.40. The van der Waals surface area contributed by atoms with Crippen LogP contribution in [-0.4, -0.2) is 75.5 Å². The fourth-order valence-electron chi connectivity index (χ4n) is 4.20. The monoisotopic (exact) mass is 488 g/mol. The zero-order valence-electron chi connectivity index (χ0n) is 18.7. The van der Waals surface area contributed by atoms with Crippen molar-refractivity contribution in [3.8, 4) is 0 Å². The van der Waals surface area contributed by atoms with Crippen LogP contribution < -0.4 is 5.32 Å². The topological polar surface area (TPSA) is 167 Å². The standard InChI is InChI=1S/C21H26N6O2S.CH2O3/c1-2-10-30-21-23-19(22-14-11-13(14)12-6-4-3-5-7-12)17-20(24-21)27(26-25-17)15-8-9-16(28)18(15)29;2-1(3)4/h3-7,13-16,18,28-29H,2,8-11H2,1H3,(H,22,23,24);(H2,2,3,4)/t13-,14-,15+,16+,18-;/m1./s1. The third-order valence-corrected chi connectivity index (χ3v) is 6.99. The van der Waals surface area contributed by atoms with Crippen LogP contribution in [-0.2, 0) is 0 Å². The first kappa shape index (κ1) is 24.2. The Morgan fingerprint density at radius 1 is 1.18 bits per heavy atom. The Bertz CT molecular complexity index is 1130. The SMILES string of the molecule is CCCSc1nc(N[C@@H]2C[C@@H]2c2ccccc2)c2nnn([C@H]3CC[C@H](O)[C@@H]3O)c2n1.O=C(O)O. The van der Waals surface area contributed by atoms with Crippen LogP contribution in [0.4, 0.5) is 10.6 Å².